The molecule has 5 heteroatoms. The third-order valence-electron chi connectivity index (χ3n) is 3.46. The normalized spacial score (nSPS) is 15.0. The number of aryl methyl sites for hydroxylation is 1. The zero-order valence-corrected chi connectivity index (χ0v) is 13.2. The summed E-state index contributed by atoms with van der Waals surface area (Å²) >= 11 is 0. The predicted molar refractivity (Wildman–Crippen MR) is 86.1 cm³/mol. The standard InChI is InChI=1S/C18H17NO4/c1-11(2)15-9-16(20)13(8-17(15)21)10-19-23-18(22)14-7-5-4-6-12(14)3/h4-11H,1-3H3/b19-10+. The molecule has 1 aromatic rings. The second-order valence-corrected chi connectivity index (χ2v) is 5.51. The van der Waals surface area contributed by atoms with Crippen molar-refractivity contribution in [3.63, 3.8) is 0 Å². The van der Waals surface area contributed by atoms with Gasteiger partial charge < -0.3 is 4.84 Å². The van der Waals surface area contributed by atoms with Gasteiger partial charge in [0.2, 0.25) is 0 Å². The maximum atomic E-state index is 11.9. The zero-order chi connectivity index (χ0) is 17.0. The Morgan fingerprint density at radius 3 is 2.48 bits per heavy atom. The van der Waals surface area contributed by atoms with E-state index in [0.29, 0.717) is 11.1 Å². The molecule has 1 aliphatic carbocycles. The number of carbonyl (C=O) groups excluding carboxylic acids is 3. The molecule has 1 aromatic carbocycles. The van der Waals surface area contributed by atoms with Crippen LogP contribution in [0.25, 0.3) is 0 Å². The zero-order valence-electron chi connectivity index (χ0n) is 13.2. The highest BCUT2D eigenvalue weighted by Gasteiger charge is 2.21. The van der Waals surface area contributed by atoms with Crippen molar-refractivity contribution in [2.24, 2.45) is 11.1 Å². The summed E-state index contributed by atoms with van der Waals surface area (Å²) in [7, 11) is 0. The van der Waals surface area contributed by atoms with Gasteiger partial charge in [0.25, 0.3) is 0 Å². The van der Waals surface area contributed by atoms with E-state index in [2.05, 4.69) is 5.16 Å². The van der Waals surface area contributed by atoms with Crippen LogP contribution in [0.15, 0.2) is 52.7 Å². The van der Waals surface area contributed by atoms with E-state index in [4.69, 9.17) is 4.84 Å². The van der Waals surface area contributed by atoms with Gasteiger partial charge in [-0.15, -0.1) is 0 Å². The SMILES string of the molecule is Cc1ccccc1C(=O)O/N=C/C1=CC(=O)C(C(C)C)=CC1=O. The number of nitrogens with zero attached hydrogens (tertiary/aromatic N) is 1. The van der Waals surface area contributed by atoms with Crippen LogP contribution in [0, 0.1) is 12.8 Å². The number of carbonyl (C=O) groups is 3. The molecule has 23 heavy (non-hydrogen) atoms. The molecule has 0 amide bonds. The first-order valence-corrected chi connectivity index (χ1v) is 7.22. The van der Waals surface area contributed by atoms with Gasteiger partial charge in [0.1, 0.15) is 0 Å². The van der Waals surface area contributed by atoms with Crippen LogP contribution in [-0.2, 0) is 14.4 Å². The molecule has 0 bridgehead atoms. The Labute approximate surface area is 134 Å². The Morgan fingerprint density at radius 1 is 1.13 bits per heavy atom. The lowest BCUT2D eigenvalue weighted by Crippen LogP contribution is -2.17. The van der Waals surface area contributed by atoms with Gasteiger partial charge in [0, 0.05) is 11.1 Å². The summed E-state index contributed by atoms with van der Waals surface area (Å²) in [5, 5.41) is 3.52. The number of ketones is 2. The molecular weight excluding hydrogens is 294 g/mol. The Bertz CT molecular complexity index is 754. The minimum atomic E-state index is -0.618. The van der Waals surface area contributed by atoms with E-state index in [-0.39, 0.29) is 23.1 Å². The molecular formula is C18H17NO4. The maximum absolute atomic E-state index is 11.9. The highest BCUT2D eigenvalue weighted by Crippen LogP contribution is 2.18. The number of rotatable bonds is 4. The molecule has 0 saturated carbocycles. The van der Waals surface area contributed by atoms with E-state index in [1.54, 1.807) is 25.1 Å². The lowest BCUT2D eigenvalue weighted by Gasteiger charge is -2.12. The van der Waals surface area contributed by atoms with Crippen molar-refractivity contribution >= 4 is 23.8 Å². The van der Waals surface area contributed by atoms with Crippen molar-refractivity contribution in [2.45, 2.75) is 20.8 Å². The van der Waals surface area contributed by atoms with Crippen LogP contribution in [-0.4, -0.2) is 23.8 Å². The summed E-state index contributed by atoms with van der Waals surface area (Å²) in [6.07, 6.45) is 3.60. The summed E-state index contributed by atoms with van der Waals surface area (Å²) in [5.41, 5.74) is 1.72. The highest BCUT2D eigenvalue weighted by molar-refractivity contribution is 6.28. The summed E-state index contributed by atoms with van der Waals surface area (Å²) in [6, 6.07) is 6.94. The lowest BCUT2D eigenvalue weighted by molar-refractivity contribution is -0.115. The number of allylic oxidation sites excluding steroid dienone is 4. The van der Waals surface area contributed by atoms with Crippen LogP contribution >= 0.6 is 0 Å². The molecule has 0 aliphatic heterocycles. The summed E-state index contributed by atoms with van der Waals surface area (Å²) < 4.78 is 0. The number of benzene rings is 1. The fraction of sp³-hybridized carbons (Fsp3) is 0.222. The molecule has 0 unspecified atom stereocenters. The largest absolute Gasteiger partial charge is 0.365 e. The van der Waals surface area contributed by atoms with Crippen LogP contribution in [0.2, 0.25) is 0 Å². The van der Waals surface area contributed by atoms with Crippen LogP contribution in [0.4, 0.5) is 0 Å². The van der Waals surface area contributed by atoms with Crippen molar-refractivity contribution in [3.05, 3.63) is 58.7 Å². The number of hydrogen-bond donors (Lipinski definition) is 0. The third kappa shape index (κ3) is 3.88. The van der Waals surface area contributed by atoms with Gasteiger partial charge in [-0.25, -0.2) is 4.79 Å². The number of oxime groups is 1. The van der Waals surface area contributed by atoms with Gasteiger partial charge in [-0.2, -0.15) is 0 Å². The van der Waals surface area contributed by atoms with E-state index in [9.17, 15) is 14.4 Å². The Hall–Kier alpha value is -2.82. The second-order valence-electron chi connectivity index (χ2n) is 5.51. The molecule has 0 radical (unpaired) electrons. The topological polar surface area (TPSA) is 72.8 Å². The molecule has 0 saturated heterocycles. The average molecular weight is 311 g/mol. The molecule has 5 nitrogen and oxygen atoms in total. The van der Waals surface area contributed by atoms with E-state index < -0.39 is 5.97 Å². The van der Waals surface area contributed by atoms with Crippen LogP contribution in [0.3, 0.4) is 0 Å². The van der Waals surface area contributed by atoms with E-state index in [1.807, 2.05) is 19.9 Å². The van der Waals surface area contributed by atoms with Gasteiger partial charge in [-0.1, -0.05) is 37.2 Å². The van der Waals surface area contributed by atoms with Gasteiger partial charge in [0.05, 0.1) is 11.8 Å². The molecule has 0 fully saturated rings. The summed E-state index contributed by atoms with van der Waals surface area (Å²) in [6.45, 7) is 5.46. The predicted octanol–water partition coefficient (Wildman–Crippen LogP) is 2.80. The first kappa shape index (κ1) is 16.5. The minimum Gasteiger partial charge on any atom is -0.313 e. The fourth-order valence-corrected chi connectivity index (χ4v) is 2.13. The van der Waals surface area contributed by atoms with E-state index in [1.165, 1.54) is 12.2 Å². The molecule has 0 aromatic heterocycles. The Morgan fingerprint density at radius 2 is 1.83 bits per heavy atom. The van der Waals surface area contributed by atoms with Crippen molar-refractivity contribution in [3.8, 4) is 0 Å². The van der Waals surface area contributed by atoms with E-state index in [0.717, 1.165) is 11.8 Å². The monoisotopic (exact) mass is 311 g/mol. The average Bonchev–Trinajstić information content (AvgIpc) is 2.50. The molecule has 2 rings (SSSR count). The van der Waals surface area contributed by atoms with E-state index >= 15 is 0 Å². The number of hydrogen-bond acceptors (Lipinski definition) is 5. The first-order valence-electron chi connectivity index (χ1n) is 7.22. The Kier molecular flexibility index (Phi) is 5.01. The molecule has 0 atom stereocenters. The molecule has 0 spiro atoms. The fourth-order valence-electron chi connectivity index (χ4n) is 2.13. The Balaban J connectivity index is 2.06. The van der Waals surface area contributed by atoms with Gasteiger partial charge in [-0.3, -0.25) is 9.59 Å². The van der Waals surface area contributed by atoms with Crippen LogP contribution in [0.5, 0.6) is 0 Å². The second kappa shape index (κ2) is 6.96. The smallest absolute Gasteiger partial charge is 0.313 e. The minimum absolute atomic E-state index is 0.0277. The maximum Gasteiger partial charge on any atom is 0.365 e. The van der Waals surface area contributed by atoms with Crippen molar-refractivity contribution in [1.29, 1.82) is 0 Å². The summed E-state index contributed by atoms with van der Waals surface area (Å²) in [5.74, 6) is -1.21. The third-order valence-corrected chi connectivity index (χ3v) is 3.46. The van der Waals surface area contributed by atoms with Crippen molar-refractivity contribution in [2.75, 3.05) is 0 Å². The van der Waals surface area contributed by atoms with Gasteiger partial charge >= 0.3 is 5.97 Å². The molecule has 118 valence electrons. The summed E-state index contributed by atoms with van der Waals surface area (Å²) in [4.78, 5) is 40.5. The van der Waals surface area contributed by atoms with Crippen molar-refractivity contribution < 1.29 is 19.2 Å². The highest BCUT2D eigenvalue weighted by atomic mass is 16.7. The molecule has 0 N–H and O–H groups in total. The van der Waals surface area contributed by atoms with Gasteiger partial charge in [0.15, 0.2) is 11.6 Å². The van der Waals surface area contributed by atoms with Crippen LogP contribution < -0.4 is 0 Å². The van der Waals surface area contributed by atoms with Crippen LogP contribution in [0.1, 0.15) is 29.8 Å². The lowest BCUT2D eigenvalue weighted by atomic mass is 9.90. The van der Waals surface area contributed by atoms with Gasteiger partial charge in [-0.05, 0) is 36.6 Å². The van der Waals surface area contributed by atoms with Crippen molar-refractivity contribution in [1.82, 2.24) is 0 Å². The molecule has 1 aliphatic rings. The first-order chi connectivity index (χ1) is 10.9. The molecule has 0 heterocycles. The quantitative estimate of drug-likeness (QED) is 0.371.